The first-order valence-electron chi connectivity index (χ1n) is 7.97. The lowest BCUT2D eigenvalue weighted by Crippen LogP contribution is -2.13. The molecule has 0 bridgehead atoms. The molecule has 0 unspecified atom stereocenters. The maximum Gasteiger partial charge on any atom is 0.263 e. The Hall–Kier alpha value is -3.03. The van der Waals surface area contributed by atoms with Crippen LogP contribution in [0.25, 0.3) is 22.0 Å². The second-order valence-electron chi connectivity index (χ2n) is 5.79. The Morgan fingerprint density at radius 2 is 1.78 bits per heavy atom. The van der Waals surface area contributed by atoms with E-state index in [4.69, 9.17) is 17.3 Å². The molecule has 4 N–H and O–H groups in total. The molecule has 2 heterocycles. The highest BCUT2D eigenvalue weighted by Crippen LogP contribution is 2.37. The van der Waals surface area contributed by atoms with Crippen molar-refractivity contribution < 1.29 is 0 Å². The highest BCUT2D eigenvalue weighted by atomic mass is 35.5. The number of nitrogens with zero attached hydrogens (tertiary/aromatic N) is 1. The quantitative estimate of drug-likeness (QED) is 0.458. The number of pyridine rings is 1. The van der Waals surface area contributed by atoms with Gasteiger partial charge in [-0.05, 0) is 35.5 Å². The molecule has 0 aliphatic rings. The summed E-state index contributed by atoms with van der Waals surface area (Å²) in [5.74, 6) is 0.0859. The number of nitrogens with two attached hydrogens (primary N) is 1. The maximum absolute atomic E-state index is 12.8. The van der Waals surface area contributed by atoms with Crippen LogP contribution in [0.1, 0.15) is 0 Å². The number of hydrogen-bond acceptors (Lipinski definition) is 5. The summed E-state index contributed by atoms with van der Waals surface area (Å²) in [6, 6.07) is 16.0. The molecule has 0 spiro atoms. The predicted octanol–water partition coefficient (Wildman–Crippen LogP) is 3.67. The van der Waals surface area contributed by atoms with Crippen molar-refractivity contribution in [2.24, 2.45) is 0 Å². The predicted molar refractivity (Wildman–Crippen MR) is 108 cm³/mol. The van der Waals surface area contributed by atoms with E-state index >= 15 is 0 Å². The van der Waals surface area contributed by atoms with Gasteiger partial charge in [-0.2, -0.15) is 0 Å². The van der Waals surface area contributed by atoms with Crippen molar-refractivity contribution in [2.45, 2.75) is 10.1 Å². The molecule has 8 heteroatoms. The van der Waals surface area contributed by atoms with E-state index in [2.05, 4.69) is 15.0 Å². The van der Waals surface area contributed by atoms with Crippen molar-refractivity contribution in [1.29, 1.82) is 0 Å². The van der Waals surface area contributed by atoms with E-state index in [1.54, 1.807) is 18.2 Å². The monoisotopic (exact) mass is 396 g/mol. The minimum absolute atomic E-state index is 0.0859. The van der Waals surface area contributed by atoms with Gasteiger partial charge in [0, 0.05) is 27.6 Å². The summed E-state index contributed by atoms with van der Waals surface area (Å²) in [6.07, 6.45) is 0. The van der Waals surface area contributed by atoms with Gasteiger partial charge in [0.15, 0.2) is 5.16 Å². The maximum atomic E-state index is 12.8. The van der Waals surface area contributed by atoms with E-state index in [1.165, 1.54) is 6.07 Å². The normalized spacial score (nSPS) is 11.0. The van der Waals surface area contributed by atoms with Crippen molar-refractivity contribution in [1.82, 2.24) is 15.0 Å². The van der Waals surface area contributed by atoms with Crippen LogP contribution in [0, 0.1) is 0 Å². The number of nitrogens with one attached hydrogen (secondary N) is 2. The Labute approximate surface area is 162 Å². The molecule has 134 valence electrons. The lowest BCUT2D eigenvalue weighted by atomic mass is 10.0. The number of hydrogen-bond donors (Lipinski definition) is 3. The number of halogens is 1. The first kappa shape index (κ1) is 17.4. The van der Waals surface area contributed by atoms with Crippen molar-refractivity contribution >= 4 is 40.1 Å². The van der Waals surface area contributed by atoms with Crippen molar-refractivity contribution in [3.63, 3.8) is 0 Å². The van der Waals surface area contributed by atoms with Crippen LogP contribution in [0.15, 0.2) is 74.2 Å². The van der Waals surface area contributed by atoms with E-state index in [1.807, 2.05) is 30.3 Å². The lowest BCUT2D eigenvalue weighted by Gasteiger charge is -2.12. The Morgan fingerprint density at radius 1 is 1.00 bits per heavy atom. The van der Waals surface area contributed by atoms with Gasteiger partial charge in [0.2, 0.25) is 0 Å². The Balaban J connectivity index is 2.03. The Morgan fingerprint density at radius 3 is 2.52 bits per heavy atom. The number of rotatable bonds is 3. The second kappa shape index (κ2) is 6.94. The molecule has 0 radical (unpaired) electrons. The molecule has 2 aromatic heterocycles. The number of benzene rings is 2. The van der Waals surface area contributed by atoms with E-state index < -0.39 is 0 Å². The van der Waals surface area contributed by atoms with Gasteiger partial charge in [-0.3, -0.25) is 9.59 Å². The molecule has 4 aromatic rings. The van der Waals surface area contributed by atoms with E-state index in [9.17, 15) is 9.59 Å². The number of anilines is 1. The van der Waals surface area contributed by atoms with Crippen LogP contribution in [0.2, 0.25) is 5.02 Å². The summed E-state index contributed by atoms with van der Waals surface area (Å²) >= 11 is 7.25. The topological polar surface area (TPSA) is 105 Å². The summed E-state index contributed by atoms with van der Waals surface area (Å²) in [4.78, 5) is 34.5. The zero-order valence-corrected chi connectivity index (χ0v) is 15.4. The van der Waals surface area contributed by atoms with Crippen LogP contribution in [-0.4, -0.2) is 15.0 Å². The molecule has 0 saturated carbocycles. The summed E-state index contributed by atoms with van der Waals surface area (Å²) < 4.78 is 0. The van der Waals surface area contributed by atoms with Gasteiger partial charge in [0.05, 0.1) is 4.90 Å². The van der Waals surface area contributed by atoms with Crippen molar-refractivity contribution in [3.05, 3.63) is 80.3 Å². The molecule has 6 nitrogen and oxygen atoms in total. The average molecular weight is 397 g/mol. The highest BCUT2D eigenvalue weighted by molar-refractivity contribution is 7.99. The number of aromatic nitrogens is 3. The molecular formula is C19H13ClN4O2S. The molecule has 27 heavy (non-hydrogen) atoms. The van der Waals surface area contributed by atoms with Crippen LogP contribution < -0.4 is 16.9 Å². The lowest BCUT2D eigenvalue weighted by molar-refractivity contribution is 0.944. The van der Waals surface area contributed by atoms with Gasteiger partial charge in [-0.1, -0.05) is 41.9 Å². The number of fused-ring (bicyclic) bond motifs is 1. The molecule has 0 aliphatic heterocycles. The van der Waals surface area contributed by atoms with E-state index in [0.717, 1.165) is 22.7 Å². The van der Waals surface area contributed by atoms with Crippen molar-refractivity contribution in [2.75, 3.05) is 5.73 Å². The molecule has 0 fully saturated rings. The van der Waals surface area contributed by atoms with Gasteiger partial charge in [0.1, 0.15) is 5.82 Å². The van der Waals surface area contributed by atoms with Crippen molar-refractivity contribution in [3.8, 4) is 11.1 Å². The second-order valence-corrected chi connectivity index (χ2v) is 7.23. The number of H-pyrrole nitrogens is 2. The largest absolute Gasteiger partial charge is 0.383 e. The molecule has 2 aromatic carbocycles. The van der Waals surface area contributed by atoms with Crippen LogP contribution in [-0.2, 0) is 0 Å². The third-order valence-electron chi connectivity index (χ3n) is 3.93. The SMILES string of the molecule is Nc1cc(=O)[nH]c(Sc2c(-c3ccccc3)c3cc(Cl)ccc3[nH]c2=O)n1. The van der Waals surface area contributed by atoms with Gasteiger partial charge in [-0.15, -0.1) is 0 Å². The minimum atomic E-state index is -0.383. The van der Waals surface area contributed by atoms with E-state index in [0.29, 0.717) is 21.0 Å². The summed E-state index contributed by atoms with van der Waals surface area (Å²) in [5.41, 5.74) is 7.22. The summed E-state index contributed by atoms with van der Waals surface area (Å²) in [7, 11) is 0. The fraction of sp³-hybridized carbons (Fsp3) is 0. The molecule has 0 saturated heterocycles. The third kappa shape index (κ3) is 3.47. The van der Waals surface area contributed by atoms with Gasteiger partial charge < -0.3 is 15.7 Å². The van der Waals surface area contributed by atoms with E-state index in [-0.39, 0.29) is 22.1 Å². The van der Waals surface area contributed by atoms with Crippen LogP contribution in [0.4, 0.5) is 5.82 Å². The number of aromatic amines is 2. The van der Waals surface area contributed by atoms with Crippen LogP contribution >= 0.6 is 23.4 Å². The first-order chi connectivity index (χ1) is 13.0. The highest BCUT2D eigenvalue weighted by Gasteiger charge is 2.17. The first-order valence-corrected chi connectivity index (χ1v) is 9.16. The van der Waals surface area contributed by atoms with Gasteiger partial charge in [-0.25, -0.2) is 4.98 Å². The molecule has 0 atom stereocenters. The molecule has 0 amide bonds. The zero-order valence-electron chi connectivity index (χ0n) is 13.8. The average Bonchev–Trinajstić information content (AvgIpc) is 2.63. The number of nitrogen functional groups attached to an aromatic ring is 1. The molecule has 4 rings (SSSR count). The summed E-state index contributed by atoms with van der Waals surface area (Å²) in [5, 5.41) is 1.59. The molecule has 0 aliphatic carbocycles. The van der Waals surface area contributed by atoms with Crippen LogP contribution in [0.3, 0.4) is 0 Å². The van der Waals surface area contributed by atoms with Gasteiger partial charge >= 0.3 is 0 Å². The van der Waals surface area contributed by atoms with Crippen LogP contribution in [0.5, 0.6) is 0 Å². The van der Waals surface area contributed by atoms with Gasteiger partial charge in [0.25, 0.3) is 11.1 Å². The fourth-order valence-electron chi connectivity index (χ4n) is 2.83. The Kier molecular flexibility index (Phi) is 4.47. The minimum Gasteiger partial charge on any atom is -0.383 e. The Bertz CT molecular complexity index is 1270. The summed E-state index contributed by atoms with van der Waals surface area (Å²) in [6.45, 7) is 0. The standard InChI is InChI=1S/C19H13ClN4O2S/c20-11-6-7-13-12(8-11)16(10-4-2-1-3-5-10)17(18(26)22-13)27-19-23-14(21)9-15(25)24-19/h1-9H,(H,22,26)(H3,21,23,24,25). The fourth-order valence-corrected chi connectivity index (χ4v) is 3.98. The third-order valence-corrected chi connectivity index (χ3v) is 5.15. The smallest absolute Gasteiger partial charge is 0.263 e. The zero-order chi connectivity index (χ0) is 19.0. The molecular weight excluding hydrogens is 384 g/mol.